The highest BCUT2D eigenvalue weighted by Gasteiger charge is 2.20. The second-order valence-electron chi connectivity index (χ2n) is 5.08. The summed E-state index contributed by atoms with van der Waals surface area (Å²) < 4.78 is 0. The highest BCUT2D eigenvalue weighted by atomic mass is 35.5. The molecule has 0 radical (unpaired) electrons. The van der Waals surface area contributed by atoms with Crippen LogP contribution in [0.2, 0.25) is 5.02 Å². The minimum absolute atomic E-state index is 0.0558. The van der Waals surface area contributed by atoms with E-state index >= 15 is 0 Å². The van der Waals surface area contributed by atoms with E-state index in [2.05, 4.69) is 10.8 Å². The van der Waals surface area contributed by atoms with Crippen molar-refractivity contribution in [2.45, 2.75) is 19.4 Å². The predicted molar refractivity (Wildman–Crippen MR) is 92.5 cm³/mol. The van der Waals surface area contributed by atoms with Crippen molar-refractivity contribution in [1.29, 1.82) is 0 Å². The number of hydroxylamine groups is 1. The van der Waals surface area contributed by atoms with Crippen molar-refractivity contribution in [2.75, 3.05) is 6.61 Å². The van der Waals surface area contributed by atoms with E-state index in [1.54, 1.807) is 31.2 Å². The van der Waals surface area contributed by atoms with Gasteiger partial charge in [0.05, 0.1) is 29.7 Å². The zero-order chi connectivity index (χ0) is 17.4. The van der Waals surface area contributed by atoms with Crippen molar-refractivity contribution in [2.24, 2.45) is 0 Å². The molecule has 0 unspecified atom stereocenters. The Labute approximate surface area is 145 Å². The topological polar surface area (TPSA) is 67.4 Å². The van der Waals surface area contributed by atoms with Crippen LogP contribution in [0, 0.1) is 0 Å². The van der Waals surface area contributed by atoms with E-state index in [0.717, 1.165) is 5.56 Å². The molecule has 0 aliphatic carbocycles. The maximum absolute atomic E-state index is 12.5. The van der Waals surface area contributed by atoms with Gasteiger partial charge in [-0.2, -0.15) is 0 Å². The quantitative estimate of drug-likeness (QED) is 0.756. The molecule has 1 atom stereocenters. The SMILES string of the molecule is CCONC(=O)C[C@H](NC(=O)c1ccccc1Cl)c1ccccc1. The number of hydrogen-bond donors (Lipinski definition) is 2. The van der Waals surface area contributed by atoms with Crippen LogP contribution in [-0.2, 0) is 9.63 Å². The molecular formula is C18H19ClN2O3. The van der Waals surface area contributed by atoms with Gasteiger partial charge in [-0.15, -0.1) is 0 Å². The lowest BCUT2D eigenvalue weighted by molar-refractivity contribution is -0.133. The summed E-state index contributed by atoms with van der Waals surface area (Å²) in [6, 6.07) is 15.6. The molecule has 2 aromatic rings. The van der Waals surface area contributed by atoms with E-state index in [4.69, 9.17) is 16.4 Å². The third-order valence-electron chi connectivity index (χ3n) is 3.35. The van der Waals surface area contributed by atoms with Crippen LogP contribution in [0.4, 0.5) is 0 Å². The average Bonchev–Trinajstić information content (AvgIpc) is 2.60. The third-order valence-corrected chi connectivity index (χ3v) is 3.68. The zero-order valence-electron chi connectivity index (χ0n) is 13.3. The van der Waals surface area contributed by atoms with E-state index in [0.29, 0.717) is 17.2 Å². The molecule has 0 aliphatic rings. The number of halogens is 1. The molecule has 0 aromatic heterocycles. The van der Waals surface area contributed by atoms with Gasteiger partial charge in [-0.25, -0.2) is 5.48 Å². The van der Waals surface area contributed by atoms with Gasteiger partial charge in [-0.05, 0) is 24.6 Å². The van der Waals surface area contributed by atoms with Crippen LogP contribution in [0.5, 0.6) is 0 Å². The zero-order valence-corrected chi connectivity index (χ0v) is 14.0. The van der Waals surface area contributed by atoms with Gasteiger partial charge in [-0.1, -0.05) is 54.1 Å². The van der Waals surface area contributed by atoms with Crippen LogP contribution < -0.4 is 10.8 Å². The molecule has 5 nitrogen and oxygen atoms in total. The lowest BCUT2D eigenvalue weighted by Crippen LogP contribution is -2.34. The lowest BCUT2D eigenvalue weighted by Gasteiger charge is -2.19. The first-order chi connectivity index (χ1) is 11.6. The van der Waals surface area contributed by atoms with Crippen molar-refractivity contribution >= 4 is 23.4 Å². The molecule has 6 heteroatoms. The van der Waals surface area contributed by atoms with Crippen LogP contribution in [0.1, 0.15) is 35.3 Å². The minimum Gasteiger partial charge on any atom is -0.345 e. The first-order valence-corrected chi connectivity index (χ1v) is 8.00. The summed E-state index contributed by atoms with van der Waals surface area (Å²) >= 11 is 6.06. The molecule has 2 aromatic carbocycles. The fourth-order valence-electron chi connectivity index (χ4n) is 2.20. The molecule has 0 spiro atoms. The maximum Gasteiger partial charge on any atom is 0.253 e. The van der Waals surface area contributed by atoms with Crippen LogP contribution in [0.3, 0.4) is 0 Å². The number of nitrogens with one attached hydrogen (secondary N) is 2. The third kappa shape index (κ3) is 5.08. The summed E-state index contributed by atoms with van der Waals surface area (Å²) in [6.07, 6.45) is 0.0558. The molecule has 0 saturated heterocycles. The Kier molecular flexibility index (Phi) is 6.78. The number of hydrogen-bond acceptors (Lipinski definition) is 3. The summed E-state index contributed by atoms with van der Waals surface area (Å²) in [7, 11) is 0. The smallest absolute Gasteiger partial charge is 0.253 e. The van der Waals surface area contributed by atoms with Crippen molar-refractivity contribution in [3.63, 3.8) is 0 Å². The van der Waals surface area contributed by atoms with Crippen molar-refractivity contribution in [3.05, 3.63) is 70.7 Å². The highest BCUT2D eigenvalue weighted by Crippen LogP contribution is 2.20. The van der Waals surface area contributed by atoms with Crippen molar-refractivity contribution in [3.8, 4) is 0 Å². The fraction of sp³-hybridized carbons (Fsp3) is 0.222. The van der Waals surface area contributed by atoms with E-state index in [-0.39, 0.29) is 18.2 Å². The molecule has 0 heterocycles. The summed E-state index contributed by atoms with van der Waals surface area (Å²) in [5.41, 5.74) is 3.53. The van der Waals surface area contributed by atoms with Crippen LogP contribution in [-0.4, -0.2) is 18.4 Å². The highest BCUT2D eigenvalue weighted by molar-refractivity contribution is 6.33. The minimum atomic E-state index is -0.490. The number of rotatable bonds is 7. The molecule has 0 aliphatic heterocycles. The van der Waals surface area contributed by atoms with Gasteiger partial charge >= 0.3 is 0 Å². The fourth-order valence-corrected chi connectivity index (χ4v) is 2.42. The van der Waals surface area contributed by atoms with E-state index in [1.165, 1.54) is 0 Å². The molecule has 24 heavy (non-hydrogen) atoms. The summed E-state index contributed by atoms with van der Waals surface area (Å²) in [4.78, 5) is 29.4. The Morgan fingerprint density at radius 3 is 2.42 bits per heavy atom. The number of carbonyl (C=O) groups is 2. The molecule has 2 rings (SSSR count). The number of amides is 2. The second-order valence-corrected chi connectivity index (χ2v) is 5.49. The normalized spacial score (nSPS) is 11.6. The molecule has 126 valence electrons. The average molecular weight is 347 g/mol. The van der Waals surface area contributed by atoms with Gasteiger partial charge in [0, 0.05) is 0 Å². The van der Waals surface area contributed by atoms with Crippen LogP contribution >= 0.6 is 11.6 Å². The molecule has 0 bridgehead atoms. The Balaban J connectivity index is 2.15. The molecular weight excluding hydrogens is 328 g/mol. The second kappa shape index (κ2) is 9.05. The molecule has 2 amide bonds. The Morgan fingerprint density at radius 2 is 1.75 bits per heavy atom. The van der Waals surface area contributed by atoms with Gasteiger partial charge in [0.25, 0.3) is 5.91 Å². The summed E-state index contributed by atoms with van der Waals surface area (Å²) in [5, 5.41) is 3.22. The standard InChI is InChI=1S/C18H19ClN2O3/c1-2-24-21-17(22)12-16(13-8-4-3-5-9-13)20-18(23)14-10-6-7-11-15(14)19/h3-11,16H,2,12H2,1H3,(H,20,23)(H,21,22)/t16-/m0/s1. The van der Waals surface area contributed by atoms with Gasteiger partial charge in [0.1, 0.15) is 0 Å². The Hall–Kier alpha value is -2.37. The van der Waals surface area contributed by atoms with Crippen molar-refractivity contribution < 1.29 is 14.4 Å². The maximum atomic E-state index is 12.5. The van der Waals surface area contributed by atoms with Gasteiger partial charge in [0.15, 0.2) is 0 Å². The van der Waals surface area contributed by atoms with Crippen LogP contribution in [0.15, 0.2) is 54.6 Å². The number of carbonyl (C=O) groups excluding carboxylic acids is 2. The van der Waals surface area contributed by atoms with E-state index in [1.807, 2.05) is 30.3 Å². The monoisotopic (exact) mass is 346 g/mol. The van der Waals surface area contributed by atoms with E-state index in [9.17, 15) is 9.59 Å². The first-order valence-electron chi connectivity index (χ1n) is 7.62. The predicted octanol–water partition coefficient (Wildman–Crippen LogP) is 3.27. The van der Waals surface area contributed by atoms with Gasteiger partial charge in [0.2, 0.25) is 5.91 Å². The largest absolute Gasteiger partial charge is 0.345 e. The summed E-state index contributed by atoms with van der Waals surface area (Å²) in [5.74, 6) is -0.649. The van der Waals surface area contributed by atoms with Gasteiger partial charge < -0.3 is 5.32 Å². The van der Waals surface area contributed by atoms with E-state index < -0.39 is 6.04 Å². The van der Waals surface area contributed by atoms with Crippen LogP contribution in [0.25, 0.3) is 0 Å². The Bertz CT molecular complexity index is 692. The molecule has 2 N–H and O–H groups in total. The van der Waals surface area contributed by atoms with Crippen molar-refractivity contribution in [1.82, 2.24) is 10.8 Å². The number of benzene rings is 2. The van der Waals surface area contributed by atoms with Gasteiger partial charge in [-0.3, -0.25) is 14.4 Å². The lowest BCUT2D eigenvalue weighted by atomic mass is 10.0. The molecule has 0 fully saturated rings. The Morgan fingerprint density at radius 1 is 1.08 bits per heavy atom. The molecule has 0 saturated carbocycles. The first kappa shape index (κ1) is 18.0. The summed E-state index contributed by atoms with van der Waals surface area (Å²) in [6.45, 7) is 2.14.